The second kappa shape index (κ2) is 10.3. The van der Waals surface area contributed by atoms with Crippen molar-refractivity contribution in [2.45, 2.75) is 37.3 Å². The molecule has 29 heavy (non-hydrogen) atoms. The summed E-state index contributed by atoms with van der Waals surface area (Å²) in [4.78, 5) is 12.3. The van der Waals surface area contributed by atoms with Crippen molar-refractivity contribution in [2.24, 2.45) is 0 Å². The molecule has 1 amide bonds. The molecule has 152 valence electrons. The van der Waals surface area contributed by atoms with Crippen LogP contribution in [0.15, 0.2) is 53.7 Å². The standard InChI is InChI=1S/C21H23ClN4O2S/c1-3-26-19(13-23-20(27)12-15-6-10-18(28-2)11-7-15)24-25-21(26)29-14-16-4-8-17(22)9-5-16/h4-11H,3,12-14H2,1-2H3,(H,23,27). The average Bonchev–Trinajstić information content (AvgIpc) is 3.14. The van der Waals surface area contributed by atoms with Gasteiger partial charge in [0.1, 0.15) is 5.75 Å². The van der Waals surface area contributed by atoms with Crippen molar-refractivity contribution in [3.05, 3.63) is 70.5 Å². The van der Waals surface area contributed by atoms with Gasteiger partial charge >= 0.3 is 0 Å². The Hall–Kier alpha value is -2.51. The lowest BCUT2D eigenvalue weighted by Crippen LogP contribution is -2.26. The predicted octanol–water partition coefficient (Wildman–Crippen LogP) is 4.11. The summed E-state index contributed by atoms with van der Waals surface area (Å²) in [7, 11) is 1.62. The van der Waals surface area contributed by atoms with Crippen LogP contribution < -0.4 is 10.1 Å². The molecule has 0 aliphatic rings. The number of nitrogens with zero attached hydrogens (tertiary/aromatic N) is 3. The molecule has 2 aromatic carbocycles. The van der Waals surface area contributed by atoms with E-state index in [4.69, 9.17) is 16.3 Å². The highest BCUT2D eigenvalue weighted by molar-refractivity contribution is 7.98. The number of halogens is 1. The van der Waals surface area contributed by atoms with Crippen molar-refractivity contribution in [3.63, 3.8) is 0 Å². The van der Waals surface area contributed by atoms with Gasteiger partial charge in [-0.3, -0.25) is 4.79 Å². The summed E-state index contributed by atoms with van der Waals surface area (Å²) in [6.45, 7) is 3.12. The highest BCUT2D eigenvalue weighted by Crippen LogP contribution is 2.23. The predicted molar refractivity (Wildman–Crippen MR) is 115 cm³/mol. The number of carbonyl (C=O) groups is 1. The van der Waals surface area contributed by atoms with Crippen LogP contribution in [0.3, 0.4) is 0 Å². The lowest BCUT2D eigenvalue weighted by atomic mass is 10.1. The SMILES string of the molecule is CCn1c(CNC(=O)Cc2ccc(OC)cc2)nnc1SCc1ccc(Cl)cc1. The number of hydrogen-bond donors (Lipinski definition) is 1. The number of thioether (sulfide) groups is 1. The molecular weight excluding hydrogens is 408 g/mol. The van der Waals surface area contributed by atoms with Crippen molar-refractivity contribution in [1.82, 2.24) is 20.1 Å². The molecular formula is C21H23ClN4O2S. The van der Waals surface area contributed by atoms with Crippen LogP contribution in [-0.2, 0) is 30.1 Å². The van der Waals surface area contributed by atoms with Gasteiger partial charge in [0.25, 0.3) is 0 Å². The molecule has 0 saturated heterocycles. The fourth-order valence-corrected chi connectivity index (χ4v) is 3.87. The van der Waals surface area contributed by atoms with Crippen LogP contribution >= 0.6 is 23.4 Å². The van der Waals surface area contributed by atoms with E-state index in [1.807, 2.05) is 60.0 Å². The summed E-state index contributed by atoms with van der Waals surface area (Å²) in [5.41, 5.74) is 2.10. The van der Waals surface area contributed by atoms with Gasteiger partial charge in [0, 0.05) is 17.3 Å². The number of aromatic nitrogens is 3. The van der Waals surface area contributed by atoms with Crippen molar-refractivity contribution in [2.75, 3.05) is 7.11 Å². The van der Waals surface area contributed by atoms with E-state index in [9.17, 15) is 4.79 Å². The summed E-state index contributed by atoms with van der Waals surface area (Å²) in [5, 5.41) is 13.0. The van der Waals surface area contributed by atoms with Crippen LogP contribution in [0.2, 0.25) is 5.02 Å². The minimum atomic E-state index is -0.0591. The van der Waals surface area contributed by atoms with E-state index in [0.717, 1.165) is 39.6 Å². The number of ether oxygens (including phenoxy) is 1. The minimum Gasteiger partial charge on any atom is -0.497 e. The summed E-state index contributed by atoms with van der Waals surface area (Å²) in [6.07, 6.45) is 0.308. The second-order valence-electron chi connectivity index (χ2n) is 6.36. The lowest BCUT2D eigenvalue weighted by Gasteiger charge is -2.09. The first-order valence-corrected chi connectivity index (χ1v) is 10.6. The number of carbonyl (C=O) groups excluding carboxylic acids is 1. The Labute approximate surface area is 179 Å². The highest BCUT2D eigenvalue weighted by atomic mass is 35.5. The molecule has 1 aromatic heterocycles. The molecule has 1 N–H and O–H groups in total. The van der Waals surface area contributed by atoms with Crippen LogP contribution in [0.1, 0.15) is 23.9 Å². The smallest absolute Gasteiger partial charge is 0.224 e. The first-order chi connectivity index (χ1) is 14.1. The van der Waals surface area contributed by atoms with Gasteiger partial charge in [-0.1, -0.05) is 47.6 Å². The molecule has 1 heterocycles. The molecule has 0 aliphatic carbocycles. The van der Waals surface area contributed by atoms with E-state index in [1.165, 1.54) is 5.56 Å². The maximum Gasteiger partial charge on any atom is 0.224 e. The van der Waals surface area contributed by atoms with E-state index < -0.39 is 0 Å². The maximum atomic E-state index is 12.3. The van der Waals surface area contributed by atoms with E-state index >= 15 is 0 Å². The van der Waals surface area contributed by atoms with Crippen molar-refractivity contribution >= 4 is 29.3 Å². The van der Waals surface area contributed by atoms with Gasteiger partial charge in [-0.05, 0) is 42.3 Å². The number of methoxy groups -OCH3 is 1. The Kier molecular flexibility index (Phi) is 7.55. The molecule has 8 heteroatoms. The van der Waals surface area contributed by atoms with Crippen LogP contribution in [-0.4, -0.2) is 27.8 Å². The van der Waals surface area contributed by atoms with Gasteiger partial charge in [0.2, 0.25) is 5.91 Å². The summed E-state index contributed by atoms with van der Waals surface area (Å²) in [5.74, 6) is 2.23. The van der Waals surface area contributed by atoms with Gasteiger partial charge in [-0.2, -0.15) is 0 Å². The topological polar surface area (TPSA) is 69.0 Å². The first-order valence-electron chi connectivity index (χ1n) is 9.28. The van der Waals surface area contributed by atoms with Gasteiger partial charge in [0.15, 0.2) is 11.0 Å². The molecule has 0 aliphatic heterocycles. The van der Waals surface area contributed by atoms with Crippen molar-refractivity contribution in [1.29, 1.82) is 0 Å². The summed E-state index contributed by atoms with van der Waals surface area (Å²) in [6, 6.07) is 15.2. The van der Waals surface area contributed by atoms with Crippen LogP contribution in [0.4, 0.5) is 0 Å². The van der Waals surface area contributed by atoms with Gasteiger partial charge in [-0.15, -0.1) is 10.2 Å². The number of amides is 1. The van der Waals surface area contributed by atoms with Gasteiger partial charge in [0.05, 0.1) is 20.1 Å². The second-order valence-corrected chi connectivity index (χ2v) is 7.74. The Morgan fingerprint density at radius 2 is 1.79 bits per heavy atom. The zero-order valence-corrected chi connectivity index (χ0v) is 18.0. The van der Waals surface area contributed by atoms with Crippen LogP contribution in [0, 0.1) is 0 Å². The van der Waals surface area contributed by atoms with E-state index in [1.54, 1.807) is 18.9 Å². The summed E-state index contributed by atoms with van der Waals surface area (Å²) >= 11 is 7.54. The Bertz CT molecular complexity index is 942. The van der Waals surface area contributed by atoms with Gasteiger partial charge in [-0.25, -0.2) is 0 Å². The third-order valence-corrected chi connectivity index (χ3v) is 5.65. The fraction of sp³-hybridized carbons (Fsp3) is 0.286. The minimum absolute atomic E-state index is 0.0591. The van der Waals surface area contributed by atoms with Crippen LogP contribution in [0.25, 0.3) is 0 Å². The zero-order valence-electron chi connectivity index (χ0n) is 16.4. The van der Waals surface area contributed by atoms with Crippen molar-refractivity contribution in [3.8, 4) is 5.75 Å². The molecule has 0 atom stereocenters. The largest absolute Gasteiger partial charge is 0.497 e. The lowest BCUT2D eigenvalue weighted by molar-refractivity contribution is -0.120. The highest BCUT2D eigenvalue weighted by Gasteiger charge is 2.13. The molecule has 0 fully saturated rings. The Morgan fingerprint density at radius 3 is 2.45 bits per heavy atom. The molecule has 6 nitrogen and oxygen atoms in total. The molecule has 0 radical (unpaired) electrons. The van der Waals surface area contributed by atoms with E-state index in [0.29, 0.717) is 13.0 Å². The Balaban J connectivity index is 1.54. The molecule has 0 saturated carbocycles. The van der Waals surface area contributed by atoms with E-state index in [-0.39, 0.29) is 5.91 Å². The maximum absolute atomic E-state index is 12.3. The molecule has 0 bridgehead atoms. The number of benzene rings is 2. The van der Waals surface area contributed by atoms with E-state index in [2.05, 4.69) is 15.5 Å². The van der Waals surface area contributed by atoms with Crippen LogP contribution in [0.5, 0.6) is 5.75 Å². The number of rotatable bonds is 9. The zero-order chi connectivity index (χ0) is 20.6. The van der Waals surface area contributed by atoms with Crippen molar-refractivity contribution < 1.29 is 9.53 Å². The normalized spacial score (nSPS) is 10.7. The first kappa shape index (κ1) is 21.2. The molecule has 3 rings (SSSR count). The fourth-order valence-electron chi connectivity index (χ4n) is 2.77. The van der Waals surface area contributed by atoms with Gasteiger partial charge < -0.3 is 14.6 Å². The average molecular weight is 431 g/mol. The summed E-state index contributed by atoms with van der Waals surface area (Å²) < 4.78 is 7.16. The molecule has 0 unspecified atom stereocenters. The number of hydrogen-bond acceptors (Lipinski definition) is 5. The number of nitrogens with one attached hydrogen (secondary N) is 1. The molecule has 3 aromatic rings. The Morgan fingerprint density at radius 1 is 1.10 bits per heavy atom. The third-order valence-electron chi connectivity index (χ3n) is 4.36. The quantitative estimate of drug-likeness (QED) is 0.517. The third kappa shape index (κ3) is 5.98. The molecule has 0 spiro atoms. The monoisotopic (exact) mass is 430 g/mol.